The Hall–Kier alpha value is -0.940. The van der Waals surface area contributed by atoms with E-state index in [1.54, 1.807) is 16.2 Å². The van der Waals surface area contributed by atoms with Gasteiger partial charge in [0.2, 0.25) is 5.91 Å². The molecule has 2 rings (SSSR count). The van der Waals surface area contributed by atoms with Crippen molar-refractivity contribution in [3.8, 4) is 0 Å². The van der Waals surface area contributed by atoms with E-state index in [9.17, 15) is 4.79 Å². The zero-order chi connectivity index (χ0) is 11.7. The number of amides is 1. The summed E-state index contributed by atoms with van der Waals surface area (Å²) in [6.45, 7) is 4.88. The van der Waals surface area contributed by atoms with E-state index >= 15 is 0 Å². The summed E-state index contributed by atoms with van der Waals surface area (Å²) in [6, 6.07) is -0.344. The first-order valence-corrected chi connectivity index (χ1v) is 6.48. The van der Waals surface area contributed by atoms with Crippen molar-refractivity contribution in [3.05, 3.63) is 10.6 Å². The molecule has 1 amide bonds. The molecule has 1 atom stereocenters. The summed E-state index contributed by atoms with van der Waals surface area (Å²) in [6.07, 6.45) is 2.67. The molecule has 1 aromatic rings. The van der Waals surface area contributed by atoms with Gasteiger partial charge in [-0.3, -0.25) is 9.69 Å². The van der Waals surface area contributed by atoms with Gasteiger partial charge in [0, 0.05) is 11.4 Å². The minimum Gasteiger partial charge on any atom is -0.320 e. The van der Waals surface area contributed by atoms with Crippen LogP contribution in [0.25, 0.3) is 0 Å². The van der Waals surface area contributed by atoms with Crippen molar-refractivity contribution in [2.24, 2.45) is 5.73 Å². The lowest BCUT2D eigenvalue weighted by atomic mass is 10.1. The molecule has 16 heavy (non-hydrogen) atoms. The SMILES string of the molecule is CCc1nc(N2CCCC(N)C2=O)sc1C. The predicted molar refractivity (Wildman–Crippen MR) is 65.8 cm³/mol. The van der Waals surface area contributed by atoms with E-state index in [2.05, 4.69) is 11.9 Å². The lowest BCUT2D eigenvalue weighted by Crippen LogP contribution is -2.48. The van der Waals surface area contributed by atoms with Gasteiger partial charge in [0.1, 0.15) is 0 Å². The Kier molecular flexibility index (Phi) is 3.25. The number of anilines is 1. The number of rotatable bonds is 2. The van der Waals surface area contributed by atoms with Gasteiger partial charge in [-0.25, -0.2) is 4.98 Å². The number of aryl methyl sites for hydroxylation is 2. The van der Waals surface area contributed by atoms with Crippen LogP contribution in [-0.4, -0.2) is 23.5 Å². The van der Waals surface area contributed by atoms with E-state index in [1.807, 2.05) is 6.92 Å². The molecule has 1 unspecified atom stereocenters. The zero-order valence-electron chi connectivity index (χ0n) is 9.69. The van der Waals surface area contributed by atoms with Gasteiger partial charge in [-0.2, -0.15) is 0 Å². The Morgan fingerprint density at radius 2 is 2.38 bits per heavy atom. The van der Waals surface area contributed by atoms with Crippen LogP contribution in [0.3, 0.4) is 0 Å². The summed E-state index contributed by atoms with van der Waals surface area (Å²) in [7, 11) is 0. The van der Waals surface area contributed by atoms with Crippen LogP contribution < -0.4 is 10.6 Å². The summed E-state index contributed by atoms with van der Waals surface area (Å²) >= 11 is 1.59. The van der Waals surface area contributed by atoms with Gasteiger partial charge >= 0.3 is 0 Å². The van der Waals surface area contributed by atoms with E-state index in [4.69, 9.17) is 5.73 Å². The smallest absolute Gasteiger partial charge is 0.245 e. The van der Waals surface area contributed by atoms with E-state index in [0.29, 0.717) is 0 Å². The average molecular weight is 239 g/mol. The van der Waals surface area contributed by atoms with E-state index in [-0.39, 0.29) is 11.9 Å². The Bertz CT molecular complexity index is 402. The second-order valence-electron chi connectivity index (χ2n) is 4.09. The summed E-state index contributed by atoms with van der Waals surface area (Å²) in [5.74, 6) is 0.0163. The van der Waals surface area contributed by atoms with Crippen molar-refractivity contribution in [2.75, 3.05) is 11.4 Å². The van der Waals surface area contributed by atoms with Crippen LogP contribution in [0.1, 0.15) is 30.3 Å². The second-order valence-corrected chi connectivity index (χ2v) is 5.27. The Balaban J connectivity index is 2.25. The van der Waals surface area contributed by atoms with Gasteiger partial charge in [0.15, 0.2) is 5.13 Å². The maximum Gasteiger partial charge on any atom is 0.245 e. The van der Waals surface area contributed by atoms with Crippen LogP contribution in [0, 0.1) is 6.92 Å². The van der Waals surface area contributed by atoms with Crippen LogP contribution in [0.2, 0.25) is 0 Å². The molecule has 1 saturated heterocycles. The van der Waals surface area contributed by atoms with Gasteiger partial charge in [-0.15, -0.1) is 11.3 Å². The molecular weight excluding hydrogens is 222 g/mol. The van der Waals surface area contributed by atoms with Crippen LogP contribution in [-0.2, 0) is 11.2 Å². The molecule has 0 radical (unpaired) electrons. The summed E-state index contributed by atoms with van der Waals surface area (Å²) in [5, 5.41) is 0.814. The van der Waals surface area contributed by atoms with Crippen LogP contribution in [0.5, 0.6) is 0 Å². The van der Waals surface area contributed by atoms with Gasteiger partial charge in [0.05, 0.1) is 11.7 Å². The highest BCUT2D eigenvalue weighted by atomic mass is 32.1. The molecule has 0 aliphatic carbocycles. The Labute approximate surface area is 99.5 Å². The van der Waals surface area contributed by atoms with Crippen molar-refractivity contribution < 1.29 is 4.79 Å². The van der Waals surface area contributed by atoms with Crippen LogP contribution in [0.4, 0.5) is 5.13 Å². The van der Waals surface area contributed by atoms with Crippen molar-refractivity contribution in [3.63, 3.8) is 0 Å². The number of aromatic nitrogens is 1. The first kappa shape index (κ1) is 11.5. The number of carbonyl (C=O) groups excluding carboxylic acids is 1. The molecule has 0 spiro atoms. The highest BCUT2D eigenvalue weighted by Crippen LogP contribution is 2.28. The number of nitrogens with zero attached hydrogens (tertiary/aromatic N) is 2. The summed E-state index contributed by atoms with van der Waals surface area (Å²) in [4.78, 5) is 19.3. The highest BCUT2D eigenvalue weighted by molar-refractivity contribution is 7.15. The van der Waals surface area contributed by atoms with Gasteiger partial charge in [0.25, 0.3) is 0 Å². The van der Waals surface area contributed by atoms with Gasteiger partial charge < -0.3 is 5.73 Å². The number of thiazole rings is 1. The molecular formula is C11H17N3OS. The van der Waals surface area contributed by atoms with Gasteiger partial charge in [-0.1, -0.05) is 6.92 Å². The molecule has 4 nitrogen and oxygen atoms in total. The quantitative estimate of drug-likeness (QED) is 0.850. The molecule has 0 aromatic carbocycles. The normalized spacial score (nSPS) is 21.6. The predicted octanol–water partition coefficient (Wildman–Crippen LogP) is 1.47. The first-order valence-electron chi connectivity index (χ1n) is 5.66. The van der Waals surface area contributed by atoms with E-state index < -0.39 is 0 Å². The van der Waals surface area contributed by atoms with Crippen LogP contribution >= 0.6 is 11.3 Å². The monoisotopic (exact) mass is 239 g/mol. The van der Waals surface area contributed by atoms with Crippen molar-refractivity contribution in [1.29, 1.82) is 0 Å². The van der Waals surface area contributed by atoms with Crippen LogP contribution in [0.15, 0.2) is 0 Å². The molecule has 1 aliphatic rings. The molecule has 2 heterocycles. The molecule has 0 bridgehead atoms. The fourth-order valence-electron chi connectivity index (χ4n) is 1.95. The largest absolute Gasteiger partial charge is 0.320 e. The molecule has 5 heteroatoms. The van der Waals surface area contributed by atoms with Crippen molar-refractivity contribution in [2.45, 2.75) is 39.2 Å². The third kappa shape index (κ3) is 1.97. The Morgan fingerprint density at radius 3 is 3.00 bits per heavy atom. The number of hydrogen-bond donors (Lipinski definition) is 1. The molecule has 88 valence electrons. The highest BCUT2D eigenvalue weighted by Gasteiger charge is 2.28. The fraction of sp³-hybridized carbons (Fsp3) is 0.636. The number of hydrogen-bond acceptors (Lipinski definition) is 4. The number of carbonyl (C=O) groups is 1. The number of nitrogens with two attached hydrogens (primary N) is 1. The standard InChI is InChI=1S/C11H17N3OS/c1-3-9-7(2)16-11(13-9)14-6-4-5-8(12)10(14)15/h8H,3-6,12H2,1-2H3. The number of piperidine rings is 1. The van der Waals surface area contributed by atoms with Crippen molar-refractivity contribution >= 4 is 22.4 Å². The zero-order valence-corrected chi connectivity index (χ0v) is 10.5. The maximum atomic E-state index is 11.9. The summed E-state index contributed by atoms with van der Waals surface area (Å²) in [5.41, 5.74) is 6.86. The van der Waals surface area contributed by atoms with Gasteiger partial charge in [-0.05, 0) is 26.2 Å². The second kappa shape index (κ2) is 4.51. The first-order chi connectivity index (χ1) is 7.63. The third-order valence-electron chi connectivity index (χ3n) is 2.93. The molecule has 1 aliphatic heterocycles. The summed E-state index contributed by atoms with van der Waals surface area (Å²) < 4.78 is 0. The third-order valence-corrected chi connectivity index (χ3v) is 3.96. The Morgan fingerprint density at radius 1 is 1.62 bits per heavy atom. The lowest BCUT2D eigenvalue weighted by molar-refractivity contribution is -0.120. The minimum atomic E-state index is -0.344. The molecule has 1 aromatic heterocycles. The molecule has 0 saturated carbocycles. The maximum absolute atomic E-state index is 11.9. The minimum absolute atomic E-state index is 0.0163. The lowest BCUT2D eigenvalue weighted by Gasteiger charge is -2.28. The van der Waals surface area contributed by atoms with E-state index in [0.717, 1.165) is 36.6 Å². The topological polar surface area (TPSA) is 59.2 Å². The molecule has 1 fully saturated rings. The van der Waals surface area contributed by atoms with Crippen molar-refractivity contribution in [1.82, 2.24) is 4.98 Å². The fourth-order valence-corrected chi connectivity index (χ4v) is 2.98. The average Bonchev–Trinajstić information content (AvgIpc) is 2.63. The van der Waals surface area contributed by atoms with E-state index in [1.165, 1.54) is 4.88 Å². The molecule has 2 N–H and O–H groups in total.